The number of benzene rings is 1. The van der Waals surface area contributed by atoms with Crippen molar-refractivity contribution in [2.75, 3.05) is 0 Å². The largest absolute Gasteiger partial charge is 0.397 e. The molecule has 0 radical (unpaired) electrons. The molecule has 2 aromatic rings. The van der Waals surface area contributed by atoms with Crippen LogP contribution in [0.3, 0.4) is 0 Å². The monoisotopic (exact) mass is 215 g/mol. The lowest BCUT2D eigenvalue weighted by Gasteiger charge is -2.04. The Hall–Kier alpha value is -1.99. The molecule has 1 aromatic heterocycles. The standard InChI is InChI=1S/C11H9N3S/c12-7-9-1-3-10(4-2-9)11(13)8-14-5-6-15-14/h1-6,8H,13H2/b11-8-. The smallest absolute Gasteiger partial charge is 0.0991 e. The first-order chi connectivity index (χ1) is 7.29. The number of hydrogen-bond acceptors (Lipinski definition) is 3. The number of nitriles is 1. The second-order valence-corrected chi connectivity index (χ2v) is 3.93. The third-order valence-corrected chi connectivity index (χ3v) is 2.72. The fraction of sp³-hybridized carbons (Fsp3) is 0. The Kier molecular flexibility index (Phi) is 2.57. The second kappa shape index (κ2) is 4.03. The maximum atomic E-state index is 8.64. The average molecular weight is 215 g/mol. The van der Waals surface area contributed by atoms with Crippen LogP contribution in [0.1, 0.15) is 11.1 Å². The predicted octanol–water partition coefficient (Wildman–Crippen LogP) is 2.34. The Balaban J connectivity index is 2.25. The van der Waals surface area contributed by atoms with Crippen LogP contribution < -0.4 is 5.73 Å². The lowest BCUT2D eigenvalue weighted by molar-refractivity contribution is 1.27. The summed E-state index contributed by atoms with van der Waals surface area (Å²) in [4.78, 5) is 0. The number of nitrogens with zero attached hydrogens (tertiary/aromatic N) is 2. The molecular formula is C11H9N3S. The summed E-state index contributed by atoms with van der Waals surface area (Å²) in [6.07, 6.45) is 3.78. The van der Waals surface area contributed by atoms with Crippen LogP contribution in [0.25, 0.3) is 11.9 Å². The molecule has 2 rings (SSSR count). The van der Waals surface area contributed by atoms with Crippen LogP contribution in [0.2, 0.25) is 0 Å². The van der Waals surface area contributed by atoms with Gasteiger partial charge in [0.1, 0.15) is 0 Å². The Labute approximate surface area is 91.8 Å². The third-order valence-electron chi connectivity index (χ3n) is 2.00. The molecule has 3 nitrogen and oxygen atoms in total. The summed E-state index contributed by atoms with van der Waals surface area (Å²) >= 11 is 1.58. The molecule has 0 fully saturated rings. The minimum absolute atomic E-state index is 0.643. The van der Waals surface area contributed by atoms with E-state index < -0.39 is 0 Å². The molecule has 2 N–H and O–H groups in total. The molecule has 0 amide bonds. The first kappa shape index (κ1) is 9.56. The molecule has 0 atom stereocenters. The van der Waals surface area contributed by atoms with Crippen molar-refractivity contribution in [3.05, 3.63) is 47.0 Å². The van der Waals surface area contributed by atoms with Gasteiger partial charge in [-0.05, 0) is 17.7 Å². The Morgan fingerprint density at radius 3 is 2.53 bits per heavy atom. The molecule has 0 bridgehead atoms. The number of aromatic nitrogens is 1. The third kappa shape index (κ3) is 2.09. The van der Waals surface area contributed by atoms with Crippen molar-refractivity contribution in [2.24, 2.45) is 5.73 Å². The van der Waals surface area contributed by atoms with Gasteiger partial charge in [-0.1, -0.05) is 23.7 Å². The van der Waals surface area contributed by atoms with Gasteiger partial charge in [0.15, 0.2) is 0 Å². The van der Waals surface area contributed by atoms with Crippen LogP contribution >= 0.6 is 11.5 Å². The first-order valence-corrected chi connectivity index (χ1v) is 5.23. The van der Waals surface area contributed by atoms with Crippen LogP contribution in [0.5, 0.6) is 0 Å². The first-order valence-electron chi connectivity index (χ1n) is 4.39. The van der Waals surface area contributed by atoms with Gasteiger partial charge in [0.25, 0.3) is 0 Å². The van der Waals surface area contributed by atoms with Crippen molar-refractivity contribution in [1.29, 1.82) is 5.26 Å². The van der Waals surface area contributed by atoms with Crippen LogP contribution in [-0.4, -0.2) is 3.96 Å². The average Bonchev–Trinajstić information content (AvgIpc) is 2.23. The van der Waals surface area contributed by atoms with Gasteiger partial charge in [-0.2, -0.15) is 5.26 Å². The quantitative estimate of drug-likeness (QED) is 0.835. The Morgan fingerprint density at radius 1 is 1.40 bits per heavy atom. The van der Waals surface area contributed by atoms with E-state index >= 15 is 0 Å². The van der Waals surface area contributed by atoms with Crippen LogP contribution in [0.15, 0.2) is 35.8 Å². The van der Waals surface area contributed by atoms with Gasteiger partial charge in [-0.25, -0.2) is 0 Å². The van der Waals surface area contributed by atoms with E-state index in [2.05, 4.69) is 6.07 Å². The maximum Gasteiger partial charge on any atom is 0.0991 e. The molecule has 0 aliphatic heterocycles. The molecule has 74 valence electrons. The highest BCUT2D eigenvalue weighted by molar-refractivity contribution is 7.05. The van der Waals surface area contributed by atoms with Crippen molar-refractivity contribution in [3.8, 4) is 6.07 Å². The van der Waals surface area contributed by atoms with E-state index in [-0.39, 0.29) is 0 Å². The molecule has 0 spiro atoms. The lowest BCUT2D eigenvalue weighted by atomic mass is 10.1. The van der Waals surface area contributed by atoms with Gasteiger partial charge < -0.3 is 5.73 Å². The van der Waals surface area contributed by atoms with Crippen molar-refractivity contribution < 1.29 is 0 Å². The Bertz CT molecular complexity index is 502. The van der Waals surface area contributed by atoms with Gasteiger partial charge in [-0.15, -0.1) is 0 Å². The molecule has 4 heteroatoms. The summed E-state index contributed by atoms with van der Waals surface area (Å²) in [5, 5.41) is 10.6. The highest BCUT2D eigenvalue weighted by atomic mass is 32.1. The highest BCUT2D eigenvalue weighted by Gasteiger charge is 1.97. The van der Waals surface area contributed by atoms with Gasteiger partial charge in [0, 0.05) is 17.8 Å². The summed E-state index contributed by atoms with van der Waals surface area (Å²) in [6.45, 7) is 0. The fourth-order valence-corrected chi connectivity index (χ4v) is 1.59. The molecule has 15 heavy (non-hydrogen) atoms. The minimum atomic E-state index is 0.643. The molecule has 1 aromatic carbocycles. The molecule has 0 aliphatic carbocycles. The molecule has 1 heterocycles. The van der Waals surface area contributed by atoms with E-state index in [1.165, 1.54) is 0 Å². The normalized spacial score (nSPS) is 11.3. The summed E-state index contributed by atoms with van der Waals surface area (Å²) in [5.74, 6) is 0. The van der Waals surface area contributed by atoms with E-state index in [4.69, 9.17) is 11.0 Å². The van der Waals surface area contributed by atoms with E-state index in [0.29, 0.717) is 11.3 Å². The van der Waals surface area contributed by atoms with Crippen molar-refractivity contribution in [2.45, 2.75) is 0 Å². The van der Waals surface area contributed by atoms with E-state index in [1.807, 2.05) is 33.9 Å². The van der Waals surface area contributed by atoms with Gasteiger partial charge in [0.2, 0.25) is 0 Å². The molecule has 0 saturated carbocycles. The van der Waals surface area contributed by atoms with Crippen molar-refractivity contribution >= 4 is 23.4 Å². The molecular weight excluding hydrogens is 206 g/mol. The zero-order chi connectivity index (χ0) is 10.7. The van der Waals surface area contributed by atoms with Crippen LogP contribution in [-0.2, 0) is 0 Å². The van der Waals surface area contributed by atoms with Crippen molar-refractivity contribution in [1.82, 2.24) is 3.96 Å². The van der Waals surface area contributed by atoms with Gasteiger partial charge in [-0.3, -0.25) is 3.96 Å². The SMILES string of the molecule is N#Cc1ccc(/C(N)=C/n2ccs2)cc1. The number of rotatable bonds is 2. The number of hydrogen-bond donors (Lipinski definition) is 1. The molecule has 0 aliphatic rings. The summed E-state index contributed by atoms with van der Waals surface area (Å²) in [6, 6.07) is 9.28. The number of nitrogens with two attached hydrogens (primary N) is 1. The molecule has 0 unspecified atom stereocenters. The highest BCUT2D eigenvalue weighted by Crippen LogP contribution is 2.13. The fourth-order valence-electron chi connectivity index (χ4n) is 1.15. The predicted molar refractivity (Wildman–Crippen MR) is 61.8 cm³/mol. The van der Waals surface area contributed by atoms with Gasteiger partial charge >= 0.3 is 0 Å². The summed E-state index contributed by atoms with van der Waals surface area (Å²) in [7, 11) is 0. The van der Waals surface area contributed by atoms with E-state index in [9.17, 15) is 0 Å². The van der Waals surface area contributed by atoms with Crippen LogP contribution in [0, 0.1) is 11.3 Å². The summed E-state index contributed by atoms with van der Waals surface area (Å²) < 4.78 is 1.92. The zero-order valence-corrected chi connectivity index (χ0v) is 8.74. The van der Waals surface area contributed by atoms with Gasteiger partial charge in [0.05, 0.1) is 17.3 Å². The zero-order valence-electron chi connectivity index (χ0n) is 7.92. The topological polar surface area (TPSA) is 54.7 Å². The van der Waals surface area contributed by atoms with Crippen LogP contribution in [0.4, 0.5) is 0 Å². The lowest BCUT2D eigenvalue weighted by Crippen LogP contribution is -1.98. The van der Waals surface area contributed by atoms with Crippen molar-refractivity contribution in [3.63, 3.8) is 0 Å². The van der Waals surface area contributed by atoms with E-state index in [1.54, 1.807) is 23.7 Å². The second-order valence-electron chi connectivity index (χ2n) is 3.02. The maximum absolute atomic E-state index is 8.64. The minimum Gasteiger partial charge on any atom is -0.397 e. The Morgan fingerprint density at radius 2 is 2.07 bits per heavy atom. The molecule has 0 saturated heterocycles. The van der Waals surface area contributed by atoms with E-state index in [0.717, 1.165) is 5.56 Å². The summed E-state index contributed by atoms with van der Waals surface area (Å²) in [5.41, 5.74) is 8.15.